The second kappa shape index (κ2) is 15.2. The minimum absolute atomic E-state index is 0.0474. The van der Waals surface area contributed by atoms with Gasteiger partial charge < -0.3 is 5.11 Å². The Morgan fingerprint density at radius 1 is 0.483 bits per heavy atom. The van der Waals surface area contributed by atoms with Crippen molar-refractivity contribution in [1.82, 2.24) is 9.97 Å². The number of pyridine rings is 2. The van der Waals surface area contributed by atoms with Crippen LogP contribution in [0.15, 0.2) is 134 Å². The molecule has 0 amide bonds. The fourth-order valence-corrected chi connectivity index (χ4v) is 9.96. The number of nitrogens with zero attached hydrogens (tertiary/aromatic N) is 2. The van der Waals surface area contributed by atoms with Crippen LogP contribution in [-0.2, 0) is 21.7 Å². The Balaban J connectivity index is 1.51. The van der Waals surface area contributed by atoms with E-state index >= 15 is 0 Å². The highest BCUT2D eigenvalue weighted by Gasteiger charge is 2.28. The molecule has 0 saturated heterocycles. The molecule has 0 aliphatic carbocycles. The van der Waals surface area contributed by atoms with Crippen LogP contribution >= 0.6 is 7.92 Å². The van der Waals surface area contributed by atoms with E-state index in [0.717, 1.165) is 44.6 Å². The van der Waals surface area contributed by atoms with E-state index in [1.807, 2.05) is 12.3 Å². The Kier molecular flexibility index (Phi) is 10.8. The second-order valence-electron chi connectivity index (χ2n) is 19.9. The summed E-state index contributed by atoms with van der Waals surface area (Å²) in [4.78, 5) is 10.4. The van der Waals surface area contributed by atoms with Gasteiger partial charge in [0.1, 0.15) is 5.75 Å². The smallest absolute Gasteiger partial charge is 0.128 e. The van der Waals surface area contributed by atoms with Crippen LogP contribution in [0.4, 0.5) is 0 Å². The summed E-state index contributed by atoms with van der Waals surface area (Å²) >= 11 is 0. The summed E-state index contributed by atoms with van der Waals surface area (Å²) in [6.07, 6.45) is 1.90. The van der Waals surface area contributed by atoms with Crippen molar-refractivity contribution in [2.45, 2.75) is 105 Å². The van der Waals surface area contributed by atoms with Crippen molar-refractivity contribution in [2.75, 3.05) is 0 Å². The van der Waals surface area contributed by atoms with Gasteiger partial charge in [-0.05, 0) is 107 Å². The first-order valence-electron chi connectivity index (χ1n) is 20.5. The second-order valence-corrected chi connectivity index (χ2v) is 22.0. The largest absolute Gasteiger partial charge is 0.507 e. The molecule has 0 radical (unpaired) electrons. The highest BCUT2D eigenvalue weighted by atomic mass is 31.1. The molecule has 0 bridgehead atoms. The molecular formula is C54H59N2OP. The van der Waals surface area contributed by atoms with Gasteiger partial charge in [-0.2, -0.15) is 0 Å². The molecule has 1 N–H and O–H groups in total. The molecule has 4 heteroatoms. The van der Waals surface area contributed by atoms with E-state index in [2.05, 4.69) is 204 Å². The SMILES string of the molecule is CC(C)(C)c1cc(-c2cc(-c3cccc(P(c4ccccn4)c4cccc5ccccc45)c3)nc(-c3cc(C(C)(C)C)cc(C(C)(C)C)c3O)c2)cc(C(C)(C)C)c1. The van der Waals surface area contributed by atoms with Gasteiger partial charge in [-0.1, -0.05) is 174 Å². The summed E-state index contributed by atoms with van der Waals surface area (Å²) in [5, 5.41) is 17.1. The lowest BCUT2D eigenvalue weighted by Crippen LogP contribution is -2.23. The standard InChI is InChI=1S/C54H59N2OP/c1-51(2,3)39-27-37(28-40(32-39)52(4,5)6)38-30-46(56-47(31-38)44-33-41(53(7,8)9)34-45(50(44)57)54(10,11)12)36-21-17-22-42(29-36)58(49-25-15-16-26-55-49)48-24-18-20-35-19-13-14-23-43(35)48/h13-34,57H,1-12H3. The maximum atomic E-state index is 12.2. The fourth-order valence-electron chi connectivity index (χ4n) is 7.57. The van der Waals surface area contributed by atoms with Crippen LogP contribution in [0.2, 0.25) is 0 Å². The van der Waals surface area contributed by atoms with E-state index in [4.69, 9.17) is 9.97 Å². The number of hydrogen-bond acceptors (Lipinski definition) is 3. The number of phenolic OH excluding ortho intramolecular Hbond substituents is 1. The first-order chi connectivity index (χ1) is 27.2. The molecule has 0 fully saturated rings. The third-order valence-electron chi connectivity index (χ3n) is 11.2. The first kappa shape index (κ1) is 41.1. The average molecular weight is 783 g/mol. The van der Waals surface area contributed by atoms with Gasteiger partial charge in [0.15, 0.2) is 0 Å². The molecule has 0 spiro atoms. The van der Waals surface area contributed by atoms with Gasteiger partial charge in [0.25, 0.3) is 0 Å². The Morgan fingerprint density at radius 2 is 1.07 bits per heavy atom. The van der Waals surface area contributed by atoms with Crippen molar-refractivity contribution in [1.29, 1.82) is 0 Å². The molecular weight excluding hydrogens is 724 g/mol. The molecule has 7 rings (SSSR count). The molecule has 0 aliphatic rings. The van der Waals surface area contributed by atoms with E-state index in [9.17, 15) is 5.11 Å². The minimum atomic E-state index is -1.01. The number of aromatic nitrogens is 2. The predicted molar refractivity (Wildman–Crippen MR) is 251 cm³/mol. The van der Waals surface area contributed by atoms with Crippen molar-refractivity contribution in [3.8, 4) is 39.4 Å². The molecule has 1 atom stereocenters. The van der Waals surface area contributed by atoms with Crippen LogP contribution in [0.3, 0.4) is 0 Å². The van der Waals surface area contributed by atoms with Crippen LogP contribution in [0.25, 0.3) is 44.4 Å². The monoisotopic (exact) mass is 782 g/mol. The summed E-state index contributed by atoms with van der Waals surface area (Å²) in [6.45, 7) is 26.9. The molecule has 296 valence electrons. The lowest BCUT2D eigenvalue weighted by molar-refractivity contribution is 0.446. The van der Waals surface area contributed by atoms with E-state index < -0.39 is 7.92 Å². The van der Waals surface area contributed by atoms with Crippen LogP contribution < -0.4 is 16.0 Å². The van der Waals surface area contributed by atoms with Crippen molar-refractivity contribution < 1.29 is 5.11 Å². The molecule has 1 unspecified atom stereocenters. The lowest BCUT2D eigenvalue weighted by Gasteiger charge is -2.28. The summed E-state index contributed by atoms with van der Waals surface area (Å²) in [5.74, 6) is 0.290. The number of fused-ring (bicyclic) bond motifs is 1. The van der Waals surface area contributed by atoms with Crippen molar-refractivity contribution in [3.05, 3.63) is 156 Å². The Labute approximate surface area is 348 Å². The zero-order chi connectivity index (χ0) is 41.8. The van der Waals surface area contributed by atoms with Crippen molar-refractivity contribution >= 4 is 34.7 Å². The zero-order valence-electron chi connectivity index (χ0n) is 36.5. The van der Waals surface area contributed by atoms with Gasteiger partial charge in [-0.15, -0.1) is 0 Å². The number of phenols is 1. The average Bonchev–Trinajstić information content (AvgIpc) is 3.17. The molecule has 58 heavy (non-hydrogen) atoms. The van der Waals surface area contributed by atoms with E-state index in [-0.39, 0.29) is 21.7 Å². The van der Waals surface area contributed by atoms with Gasteiger partial charge in [-0.3, -0.25) is 4.98 Å². The summed E-state index contributed by atoms with van der Waals surface area (Å²) < 4.78 is 0. The number of benzene rings is 5. The van der Waals surface area contributed by atoms with E-state index in [1.165, 1.54) is 38.1 Å². The van der Waals surface area contributed by atoms with Gasteiger partial charge in [0.05, 0.1) is 16.8 Å². The molecule has 7 aromatic rings. The van der Waals surface area contributed by atoms with Gasteiger partial charge in [0, 0.05) is 30.8 Å². The Hall–Kier alpha value is -5.11. The maximum absolute atomic E-state index is 12.2. The lowest BCUT2D eigenvalue weighted by atomic mass is 9.78. The Morgan fingerprint density at radius 3 is 1.71 bits per heavy atom. The number of aromatic hydroxyl groups is 1. The van der Waals surface area contributed by atoms with E-state index in [0.29, 0.717) is 5.75 Å². The van der Waals surface area contributed by atoms with Gasteiger partial charge >= 0.3 is 0 Å². The molecule has 5 aromatic carbocycles. The van der Waals surface area contributed by atoms with Crippen molar-refractivity contribution in [2.24, 2.45) is 0 Å². The summed E-state index contributed by atoms with van der Waals surface area (Å²) in [5.41, 5.74) is 10.8. The quantitative estimate of drug-likeness (QED) is 0.171. The van der Waals surface area contributed by atoms with Gasteiger partial charge in [0.2, 0.25) is 0 Å². The Bertz CT molecular complexity index is 2580. The van der Waals surface area contributed by atoms with Crippen LogP contribution in [-0.4, -0.2) is 15.1 Å². The third kappa shape index (κ3) is 8.53. The molecule has 2 aromatic heterocycles. The van der Waals surface area contributed by atoms with Gasteiger partial charge in [-0.25, -0.2) is 4.98 Å². The highest BCUT2D eigenvalue weighted by Crippen LogP contribution is 2.44. The fraction of sp³-hybridized carbons (Fsp3) is 0.296. The zero-order valence-corrected chi connectivity index (χ0v) is 37.4. The predicted octanol–water partition coefficient (Wildman–Crippen LogP) is 13.3. The third-order valence-corrected chi connectivity index (χ3v) is 13.6. The summed E-state index contributed by atoms with van der Waals surface area (Å²) in [6, 6.07) is 46.2. The molecule has 0 aliphatic heterocycles. The van der Waals surface area contributed by atoms with Crippen molar-refractivity contribution in [3.63, 3.8) is 0 Å². The maximum Gasteiger partial charge on any atom is 0.128 e. The van der Waals surface area contributed by atoms with Crippen LogP contribution in [0.5, 0.6) is 5.75 Å². The minimum Gasteiger partial charge on any atom is -0.507 e. The van der Waals surface area contributed by atoms with Crippen LogP contribution in [0.1, 0.15) is 105 Å². The molecule has 3 nitrogen and oxygen atoms in total. The topological polar surface area (TPSA) is 46.0 Å². The highest BCUT2D eigenvalue weighted by molar-refractivity contribution is 7.80. The molecule has 2 heterocycles. The van der Waals surface area contributed by atoms with E-state index in [1.54, 1.807) is 0 Å². The number of hydrogen-bond donors (Lipinski definition) is 1. The number of rotatable bonds is 6. The summed E-state index contributed by atoms with van der Waals surface area (Å²) in [7, 11) is -1.01. The normalized spacial score (nSPS) is 13.2. The molecule has 0 saturated carbocycles. The first-order valence-corrected chi connectivity index (χ1v) is 21.9. The van der Waals surface area contributed by atoms with Crippen LogP contribution in [0, 0.1) is 0 Å².